The Morgan fingerprint density at radius 1 is 0.926 bits per heavy atom. The lowest BCUT2D eigenvalue weighted by atomic mass is 9.91. The first-order valence-electron chi connectivity index (χ1n) is 10.8. The molecule has 3 fully saturated rings. The maximum absolute atomic E-state index is 12.6. The molecule has 1 N–H and O–H groups in total. The summed E-state index contributed by atoms with van der Waals surface area (Å²) >= 11 is 0. The first kappa shape index (κ1) is 20.6. The van der Waals surface area contributed by atoms with Gasteiger partial charge in [-0.25, -0.2) is 0 Å². The van der Waals surface area contributed by atoms with Gasteiger partial charge in [0.05, 0.1) is 6.54 Å². The number of amides is 2. The molecule has 0 bridgehead atoms. The maximum atomic E-state index is 12.6. The number of nitrogens with zero attached hydrogens (tertiary/aromatic N) is 3. The van der Waals surface area contributed by atoms with Crippen molar-refractivity contribution in [2.75, 3.05) is 45.8 Å². The molecule has 1 saturated carbocycles. The lowest BCUT2D eigenvalue weighted by molar-refractivity contribution is -0.135. The molecule has 6 heteroatoms. The molecule has 0 atom stereocenters. The zero-order chi connectivity index (χ0) is 19.4. The van der Waals surface area contributed by atoms with Gasteiger partial charge in [0.15, 0.2) is 0 Å². The third-order valence-corrected chi connectivity index (χ3v) is 6.26. The minimum Gasteiger partial charge on any atom is -0.353 e. The fourth-order valence-electron chi connectivity index (χ4n) is 4.38. The first-order valence-corrected chi connectivity index (χ1v) is 10.8. The van der Waals surface area contributed by atoms with E-state index in [1.54, 1.807) is 0 Å². The van der Waals surface area contributed by atoms with Gasteiger partial charge in [-0.2, -0.15) is 0 Å². The lowest BCUT2D eigenvalue weighted by Gasteiger charge is -2.43. The zero-order valence-electron chi connectivity index (χ0n) is 17.5. The van der Waals surface area contributed by atoms with E-state index in [1.165, 1.54) is 19.3 Å². The van der Waals surface area contributed by atoms with Crippen LogP contribution in [-0.2, 0) is 9.59 Å². The quantitative estimate of drug-likeness (QED) is 0.791. The molecule has 0 spiro atoms. The minimum absolute atomic E-state index is 0.0276. The van der Waals surface area contributed by atoms with Gasteiger partial charge in [0, 0.05) is 57.8 Å². The largest absolute Gasteiger partial charge is 0.353 e. The summed E-state index contributed by atoms with van der Waals surface area (Å²) in [4.78, 5) is 31.6. The second-order valence-corrected chi connectivity index (χ2v) is 9.86. The highest BCUT2D eigenvalue weighted by Gasteiger charge is 2.30. The number of carbonyl (C=O) groups is 2. The SMILES string of the molecule is CC(C)(C)CC(=O)NC1CCN(CC(=O)N2CCN(C3CCC3)CC2)CC1. The second-order valence-electron chi connectivity index (χ2n) is 9.86. The van der Waals surface area contributed by atoms with Crippen molar-refractivity contribution in [3.05, 3.63) is 0 Å². The van der Waals surface area contributed by atoms with Crippen molar-refractivity contribution in [2.24, 2.45) is 5.41 Å². The van der Waals surface area contributed by atoms with Crippen LogP contribution in [0.25, 0.3) is 0 Å². The van der Waals surface area contributed by atoms with E-state index in [0.717, 1.165) is 58.2 Å². The van der Waals surface area contributed by atoms with E-state index >= 15 is 0 Å². The molecular weight excluding hydrogens is 340 g/mol. The van der Waals surface area contributed by atoms with Crippen molar-refractivity contribution in [2.45, 2.75) is 71.4 Å². The Labute approximate surface area is 164 Å². The van der Waals surface area contributed by atoms with E-state index in [0.29, 0.717) is 13.0 Å². The van der Waals surface area contributed by atoms with Crippen LogP contribution in [0, 0.1) is 5.41 Å². The zero-order valence-corrected chi connectivity index (χ0v) is 17.5. The Morgan fingerprint density at radius 3 is 2.07 bits per heavy atom. The van der Waals surface area contributed by atoms with E-state index in [-0.39, 0.29) is 23.3 Å². The summed E-state index contributed by atoms with van der Waals surface area (Å²) in [5.74, 6) is 0.430. The van der Waals surface area contributed by atoms with Gasteiger partial charge in [-0.15, -0.1) is 0 Å². The van der Waals surface area contributed by atoms with Crippen LogP contribution in [0.1, 0.15) is 59.3 Å². The molecule has 27 heavy (non-hydrogen) atoms. The number of piperazine rings is 1. The van der Waals surface area contributed by atoms with Gasteiger partial charge in [-0.05, 0) is 31.1 Å². The van der Waals surface area contributed by atoms with Crippen LogP contribution >= 0.6 is 0 Å². The van der Waals surface area contributed by atoms with Crippen molar-refractivity contribution in [3.8, 4) is 0 Å². The van der Waals surface area contributed by atoms with Crippen LogP contribution in [0.2, 0.25) is 0 Å². The maximum Gasteiger partial charge on any atom is 0.236 e. The van der Waals surface area contributed by atoms with Gasteiger partial charge in [0.2, 0.25) is 11.8 Å². The Hall–Kier alpha value is -1.14. The highest BCUT2D eigenvalue weighted by Crippen LogP contribution is 2.25. The van der Waals surface area contributed by atoms with Crippen LogP contribution in [0.4, 0.5) is 0 Å². The molecule has 0 aromatic rings. The molecule has 2 amide bonds. The number of hydrogen-bond acceptors (Lipinski definition) is 4. The predicted molar refractivity (Wildman–Crippen MR) is 107 cm³/mol. The number of likely N-dealkylation sites (tertiary alicyclic amines) is 1. The summed E-state index contributed by atoms with van der Waals surface area (Å²) in [6.45, 7) is 12.4. The lowest BCUT2D eigenvalue weighted by Crippen LogP contribution is -2.55. The molecule has 2 heterocycles. The third-order valence-electron chi connectivity index (χ3n) is 6.26. The van der Waals surface area contributed by atoms with Crippen LogP contribution < -0.4 is 5.32 Å². The minimum atomic E-state index is 0.0276. The monoisotopic (exact) mass is 378 g/mol. The summed E-state index contributed by atoms with van der Waals surface area (Å²) in [6.07, 6.45) is 6.51. The van der Waals surface area contributed by atoms with Crippen LogP contribution in [-0.4, -0.2) is 84.4 Å². The van der Waals surface area contributed by atoms with Crippen molar-refractivity contribution in [1.29, 1.82) is 0 Å². The van der Waals surface area contributed by atoms with E-state index in [4.69, 9.17) is 0 Å². The molecule has 2 saturated heterocycles. The standard InChI is InChI=1S/C21H38N4O2/c1-21(2,3)15-19(26)22-17-7-9-23(10-8-17)16-20(27)25-13-11-24(12-14-25)18-5-4-6-18/h17-18H,4-16H2,1-3H3,(H,22,26). The third kappa shape index (κ3) is 6.18. The molecular formula is C21H38N4O2. The number of hydrogen-bond donors (Lipinski definition) is 1. The normalized spacial score (nSPS) is 23.9. The molecule has 2 aliphatic heterocycles. The van der Waals surface area contributed by atoms with Crippen molar-refractivity contribution in [1.82, 2.24) is 20.0 Å². The van der Waals surface area contributed by atoms with Gasteiger partial charge in [0.1, 0.15) is 0 Å². The van der Waals surface area contributed by atoms with Gasteiger partial charge in [-0.3, -0.25) is 19.4 Å². The number of nitrogens with one attached hydrogen (secondary N) is 1. The first-order chi connectivity index (χ1) is 12.8. The van der Waals surface area contributed by atoms with E-state index in [9.17, 15) is 9.59 Å². The predicted octanol–water partition coefficient (Wildman–Crippen LogP) is 1.70. The summed E-state index contributed by atoms with van der Waals surface area (Å²) < 4.78 is 0. The van der Waals surface area contributed by atoms with Gasteiger partial charge < -0.3 is 10.2 Å². The van der Waals surface area contributed by atoms with E-state index in [1.807, 2.05) is 4.90 Å². The molecule has 0 radical (unpaired) electrons. The summed E-state index contributed by atoms with van der Waals surface area (Å²) in [6, 6.07) is 1.05. The molecule has 3 aliphatic rings. The molecule has 0 aromatic carbocycles. The Bertz CT molecular complexity index is 511. The molecule has 0 aromatic heterocycles. The number of rotatable bonds is 5. The molecule has 1 aliphatic carbocycles. The molecule has 0 unspecified atom stereocenters. The molecule has 154 valence electrons. The smallest absolute Gasteiger partial charge is 0.236 e. The van der Waals surface area contributed by atoms with Gasteiger partial charge in [-0.1, -0.05) is 27.2 Å². The van der Waals surface area contributed by atoms with Crippen LogP contribution in [0.3, 0.4) is 0 Å². The van der Waals surface area contributed by atoms with Crippen molar-refractivity contribution < 1.29 is 9.59 Å². The average molecular weight is 379 g/mol. The summed E-state index contributed by atoms with van der Waals surface area (Å²) in [5.41, 5.74) is 0.0276. The van der Waals surface area contributed by atoms with Gasteiger partial charge in [0.25, 0.3) is 0 Å². The fraction of sp³-hybridized carbons (Fsp3) is 0.905. The Kier molecular flexibility index (Phi) is 6.79. The van der Waals surface area contributed by atoms with Gasteiger partial charge >= 0.3 is 0 Å². The van der Waals surface area contributed by atoms with E-state index in [2.05, 4.69) is 35.9 Å². The van der Waals surface area contributed by atoms with Crippen molar-refractivity contribution >= 4 is 11.8 Å². The number of piperidine rings is 1. The fourth-order valence-corrected chi connectivity index (χ4v) is 4.38. The molecule has 3 rings (SSSR count). The van der Waals surface area contributed by atoms with Crippen LogP contribution in [0.15, 0.2) is 0 Å². The average Bonchev–Trinajstić information content (AvgIpc) is 2.54. The summed E-state index contributed by atoms with van der Waals surface area (Å²) in [5, 5.41) is 3.17. The summed E-state index contributed by atoms with van der Waals surface area (Å²) in [7, 11) is 0. The van der Waals surface area contributed by atoms with E-state index < -0.39 is 0 Å². The topological polar surface area (TPSA) is 55.9 Å². The Morgan fingerprint density at radius 2 is 1.56 bits per heavy atom. The van der Waals surface area contributed by atoms with Crippen LogP contribution in [0.5, 0.6) is 0 Å². The van der Waals surface area contributed by atoms with Crippen molar-refractivity contribution in [3.63, 3.8) is 0 Å². The number of carbonyl (C=O) groups excluding carboxylic acids is 2. The highest BCUT2D eigenvalue weighted by atomic mass is 16.2. The Balaban J connectivity index is 1.33. The second kappa shape index (κ2) is 8.91. The highest BCUT2D eigenvalue weighted by molar-refractivity contribution is 5.78. The molecule has 6 nitrogen and oxygen atoms in total.